The molecule has 1 amide bonds. The molecule has 0 aliphatic carbocycles. The highest BCUT2D eigenvalue weighted by Crippen LogP contribution is 2.27. The van der Waals surface area contributed by atoms with Crippen molar-refractivity contribution in [3.8, 4) is 5.75 Å². The number of halogens is 1. The summed E-state index contributed by atoms with van der Waals surface area (Å²) in [6.45, 7) is 2.64. The van der Waals surface area contributed by atoms with E-state index in [9.17, 15) is 9.90 Å². The number of benzene rings is 1. The maximum absolute atomic E-state index is 12.6. The smallest absolute Gasteiger partial charge is 0.223 e. The molecule has 3 rings (SSSR count). The highest BCUT2D eigenvalue weighted by Gasteiger charge is 2.40. The van der Waals surface area contributed by atoms with Gasteiger partial charge in [0.25, 0.3) is 0 Å². The van der Waals surface area contributed by atoms with E-state index in [1.807, 2.05) is 13.1 Å². The summed E-state index contributed by atoms with van der Waals surface area (Å²) in [4.78, 5) is 14.4. The molecule has 0 radical (unpaired) electrons. The number of nitrogens with zero attached hydrogens (tertiary/aromatic N) is 3. The van der Waals surface area contributed by atoms with Crippen LogP contribution in [0.2, 0.25) is 5.02 Å². The van der Waals surface area contributed by atoms with Crippen LogP contribution in [0.1, 0.15) is 25.5 Å². The number of carbonyl (C=O) groups is 1. The van der Waals surface area contributed by atoms with Crippen molar-refractivity contribution >= 4 is 17.5 Å². The van der Waals surface area contributed by atoms with Gasteiger partial charge in [-0.3, -0.25) is 9.48 Å². The lowest BCUT2D eigenvalue weighted by molar-refractivity contribution is -0.143. The minimum atomic E-state index is -0.988. The molecule has 0 bridgehead atoms. The van der Waals surface area contributed by atoms with Crippen molar-refractivity contribution in [3.63, 3.8) is 0 Å². The summed E-state index contributed by atoms with van der Waals surface area (Å²) in [6.07, 6.45) is 2.77. The molecule has 26 heavy (non-hydrogen) atoms. The molecule has 6 nitrogen and oxygen atoms in total. The number of ether oxygens (including phenoxy) is 1. The number of rotatable bonds is 5. The molecule has 0 spiro atoms. The predicted octanol–water partition coefficient (Wildman–Crippen LogP) is 2.44. The molecule has 2 aromatic rings. The maximum atomic E-state index is 12.6. The van der Waals surface area contributed by atoms with E-state index in [0.717, 1.165) is 5.69 Å². The summed E-state index contributed by atoms with van der Waals surface area (Å²) >= 11 is 5.90. The number of aromatic nitrogens is 2. The second-order valence-corrected chi connectivity index (χ2v) is 7.39. The monoisotopic (exact) mass is 377 g/mol. The molecule has 2 heterocycles. The molecule has 1 fully saturated rings. The molecule has 140 valence electrons. The summed E-state index contributed by atoms with van der Waals surface area (Å²) in [5, 5.41) is 15.4. The molecular weight excluding hydrogens is 354 g/mol. The Morgan fingerprint density at radius 3 is 2.77 bits per heavy atom. The van der Waals surface area contributed by atoms with E-state index in [-0.39, 0.29) is 5.91 Å². The third kappa shape index (κ3) is 4.37. The summed E-state index contributed by atoms with van der Waals surface area (Å²) in [6, 6.07) is 8.93. The first kappa shape index (κ1) is 18.7. The van der Waals surface area contributed by atoms with Gasteiger partial charge in [-0.25, -0.2) is 0 Å². The second-order valence-electron chi connectivity index (χ2n) is 6.95. The van der Waals surface area contributed by atoms with Crippen LogP contribution in [0.15, 0.2) is 36.5 Å². The minimum absolute atomic E-state index is 0.0615. The Morgan fingerprint density at radius 1 is 1.38 bits per heavy atom. The van der Waals surface area contributed by atoms with Gasteiger partial charge in [0, 0.05) is 36.9 Å². The molecule has 1 aliphatic rings. The van der Waals surface area contributed by atoms with E-state index in [4.69, 9.17) is 16.3 Å². The van der Waals surface area contributed by atoms with Gasteiger partial charge in [0.2, 0.25) is 5.91 Å². The summed E-state index contributed by atoms with van der Waals surface area (Å²) in [7, 11) is 1.87. The maximum Gasteiger partial charge on any atom is 0.223 e. The molecule has 1 aromatic heterocycles. The summed E-state index contributed by atoms with van der Waals surface area (Å²) in [5.41, 5.74) is 0.0367. The zero-order valence-corrected chi connectivity index (χ0v) is 15.8. The average molecular weight is 378 g/mol. The van der Waals surface area contributed by atoms with Crippen molar-refractivity contribution in [1.82, 2.24) is 14.7 Å². The zero-order valence-electron chi connectivity index (χ0n) is 15.1. The van der Waals surface area contributed by atoms with Crippen LogP contribution in [0.25, 0.3) is 0 Å². The summed E-state index contributed by atoms with van der Waals surface area (Å²) < 4.78 is 7.74. The molecule has 1 saturated heterocycles. The van der Waals surface area contributed by atoms with Gasteiger partial charge in [-0.2, -0.15) is 5.10 Å². The van der Waals surface area contributed by atoms with E-state index in [2.05, 4.69) is 5.10 Å². The van der Waals surface area contributed by atoms with Crippen LogP contribution in [0.3, 0.4) is 0 Å². The standard InChI is InChI=1S/C19H24ClN3O3/c1-19(25)10-12-23(18(24)8-5-15-9-11-21-22(15)2)13-17(19)26-16-6-3-14(20)4-7-16/h3-4,6-7,9,11,17,25H,5,8,10,12-13H2,1-2H3/t17-,19-/m0/s1. The topological polar surface area (TPSA) is 67.6 Å². The molecule has 0 unspecified atom stereocenters. The van der Waals surface area contributed by atoms with Crippen LogP contribution in [0, 0.1) is 0 Å². The SMILES string of the molecule is Cn1nccc1CCC(=O)N1CC[C@](C)(O)[C@@H](Oc2ccc(Cl)cc2)C1. The highest BCUT2D eigenvalue weighted by atomic mass is 35.5. The number of carbonyl (C=O) groups excluding carboxylic acids is 1. The second kappa shape index (κ2) is 7.68. The first-order chi connectivity index (χ1) is 12.3. The van der Waals surface area contributed by atoms with Crippen molar-refractivity contribution in [2.75, 3.05) is 13.1 Å². The average Bonchev–Trinajstić information content (AvgIpc) is 3.01. The Hall–Kier alpha value is -2.05. The lowest BCUT2D eigenvalue weighted by Gasteiger charge is -2.42. The fraction of sp³-hybridized carbons (Fsp3) is 0.474. The quantitative estimate of drug-likeness (QED) is 0.869. The minimum Gasteiger partial charge on any atom is -0.486 e. The largest absolute Gasteiger partial charge is 0.486 e. The van der Waals surface area contributed by atoms with Crippen LogP contribution in [-0.4, -0.2) is 50.5 Å². The van der Waals surface area contributed by atoms with Crippen LogP contribution in [-0.2, 0) is 18.3 Å². The van der Waals surface area contributed by atoms with E-state index in [0.29, 0.717) is 43.1 Å². The van der Waals surface area contributed by atoms with Gasteiger partial charge >= 0.3 is 0 Å². The van der Waals surface area contributed by atoms with Crippen LogP contribution in [0.4, 0.5) is 0 Å². The Kier molecular flexibility index (Phi) is 5.53. The van der Waals surface area contributed by atoms with Crippen molar-refractivity contribution in [2.24, 2.45) is 7.05 Å². The van der Waals surface area contributed by atoms with Crippen LogP contribution in [0.5, 0.6) is 5.75 Å². The van der Waals surface area contributed by atoms with Crippen molar-refractivity contribution in [3.05, 3.63) is 47.2 Å². The number of hydrogen-bond acceptors (Lipinski definition) is 4. The third-order valence-corrected chi connectivity index (χ3v) is 5.18. The molecule has 1 aromatic carbocycles. The van der Waals surface area contributed by atoms with E-state index >= 15 is 0 Å². The lowest BCUT2D eigenvalue weighted by atomic mass is 9.90. The molecule has 0 saturated carbocycles. The van der Waals surface area contributed by atoms with E-state index in [1.54, 1.807) is 47.0 Å². The normalized spacial score (nSPS) is 23.1. The highest BCUT2D eigenvalue weighted by molar-refractivity contribution is 6.30. The van der Waals surface area contributed by atoms with Gasteiger partial charge in [0.15, 0.2) is 0 Å². The van der Waals surface area contributed by atoms with Crippen LogP contribution >= 0.6 is 11.6 Å². The van der Waals surface area contributed by atoms with Gasteiger partial charge in [0.05, 0.1) is 6.54 Å². The van der Waals surface area contributed by atoms with Gasteiger partial charge in [-0.1, -0.05) is 11.6 Å². The van der Waals surface area contributed by atoms with E-state index in [1.165, 1.54) is 0 Å². The fourth-order valence-corrected chi connectivity index (χ4v) is 3.24. The number of aliphatic hydroxyl groups is 1. The first-order valence-electron chi connectivity index (χ1n) is 8.74. The number of piperidine rings is 1. The van der Waals surface area contributed by atoms with Gasteiger partial charge < -0.3 is 14.7 Å². The Balaban J connectivity index is 1.61. The number of aryl methyl sites for hydroxylation is 2. The van der Waals surface area contributed by atoms with E-state index < -0.39 is 11.7 Å². The Labute approximate surface area is 158 Å². The first-order valence-corrected chi connectivity index (χ1v) is 9.12. The lowest BCUT2D eigenvalue weighted by Crippen LogP contribution is -2.57. The van der Waals surface area contributed by atoms with Gasteiger partial charge in [-0.05, 0) is 50.1 Å². The molecule has 7 heteroatoms. The van der Waals surface area contributed by atoms with Crippen molar-refractivity contribution in [1.29, 1.82) is 0 Å². The number of likely N-dealkylation sites (tertiary alicyclic amines) is 1. The Bertz CT molecular complexity index is 758. The van der Waals surface area contributed by atoms with Gasteiger partial charge in [0.1, 0.15) is 17.5 Å². The molecule has 2 atom stereocenters. The summed E-state index contributed by atoms with van der Waals surface area (Å²) in [5.74, 6) is 0.690. The third-order valence-electron chi connectivity index (χ3n) is 4.93. The van der Waals surface area contributed by atoms with Crippen molar-refractivity contribution < 1.29 is 14.6 Å². The predicted molar refractivity (Wildman–Crippen MR) is 99.2 cm³/mol. The molecule has 1 aliphatic heterocycles. The van der Waals surface area contributed by atoms with Crippen LogP contribution < -0.4 is 4.74 Å². The Morgan fingerprint density at radius 2 is 2.12 bits per heavy atom. The van der Waals surface area contributed by atoms with Crippen molar-refractivity contribution in [2.45, 2.75) is 37.9 Å². The van der Waals surface area contributed by atoms with Gasteiger partial charge in [-0.15, -0.1) is 0 Å². The molecule has 1 N–H and O–H groups in total. The number of hydrogen-bond donors (Lipinski definition) is 1. The molecular formula is C19H24ClN3O3. The fourth-order valence-electron chi connectivity index (χ4n) is 3.12. The number of amides is 1. The zero-order chi connectivity index (χ0) is 18.7.